The number of carbonyl (C=O) groups excluding carboxylic acids is 1. The van der Waals surface area contributed by atoms with Gasteiger partial charge in [0.1, 0.15) is 11.5 Å². The predicted octanol–water partition coefficient (Wildman–Crippen LogP) is 2.69. The van der Waals surface area contributed by atoms with Crippen molar-refractivity contribution in [2.45, 2.75) is 25.7 Å². The normalized spacial score (nSPS) is 10.2. The van der Waals surface area contributed by atoms with Crippen molar-refractivity contribution >= 4 is 17.5 Å². The van der Waals surface area contributed by atoms with Crippen molar-refractivity contribution in [2.24, 2.45) is 0 Å². The van der Waals surface area contributed by atoms with Crippen LogP contribution in [0.25, 0.3) is 0 Å². The van der Waals surface area contributed by atoms with Gasteiger partial charge in [-0.15, -0.1) is 11.8 Å². The highest BCUT2D eigenvalue weighted by molar-refractivity contribution is 8.00. The Morgan fingerprint density at radius 3 is 2.29 bits per heavy atom. The van der Waals surface area contributed by atoms with Crippen molar-refractivity contribution in [2.75, 3.05) is 5.75 Å². The number of hydrogen-bond donors (Lipinski definition) is 1. The molecular weight excluding hydrogens is 196 g/mol. The number of ketones is 1. The highest BCUT2D eigenvalue weighted by Crippen LogP contribution is 2.28. The van der Waals surface area contributed by atoms with Gasteiger partial charge in [0.05, 0.1) is 5.75 Å². The molecule has 0 aliphatic carbocycles. The average molecular weight is 210 g/mol. The monoisotopic (exact) mass is 210 g/mol. The summed E-state index contributed by atoms with van der Waals surface area (Å²) in [6.45, 7) is 5.30. The first kappa shape index (κ1) is 11.1. The maximum atomic E-state index is 10.8. The minimum atomic E-state index is 0.165. The maximum Gasteiger partial charge on any atom is 0.140 e. The van der Waals surface area contributed by atoms with Crippen molar-refractivity contribution < 1.29 is 9.90 Å². The lowest BCUT2D eigenvalue weighted by atomic mass is 10.1. The number of Topliss-reactive ketones (excluding diaryl/α,β-unsaturated/α-hetero) is 1. The number of rotatable bonds is 3. The minimum absolute atomic E-state index is 0.165. The first-order valence-corrected chi connectivity index (χ1v) is 5.41. The molecule has 0 fully saturated rings. The van der Waals surface area contributed by atoms with Gasteiger partial charge in [-0.05, 0) is 44.0 Å². The third-order valence-electron chi connectivity index (χ3n) is 1.91. The summed E-state index contributed by atoms with van der Waals surface area (Å²) in [7, 11) is 0. The molecule has 0 atom stereocenters. The van der Waals surface area contributed by atoms with Crippen LogP contribution in [0.1, 0.15) is 18.1 Å². The Bertz CT molecular complexity index is 335. The maximum absolute atomic E-state index is 10.8. The quantitative estimate of drug-likeness (QED) is 0.779. The van der Waals surface area contributed by atoms with Gasteiger partial charge in [0, 0.05) is 4.90 Å². The van der Waals surface area contributed by atoms with E-state index in [4.69, 9.17) is 0 Å². The summed E-state index contributed by atoms with van der Waals surface area (Å²) in [6, 6.07) is 3.80. The largest absolute Gasteiger partial charge is 0.507 e. The lowest BCUT2D eigenvalue weighted by Crippen LogP contribution is -1.93. The molecule has 0 saturated carbocycles. The third-order valence-corrected chi connectivity index (χ3v) is 3.03. The molecule has 0 amide bonds. The van der Waals surface area contributed by atoms with Crippen molar-refractivity contribution in [3.8, 4) is 5.75 Å². The molecule has 14 heavy (non-hydrogen) atoms. The second-order valence-corrected chi connectivity index (χ2v) is 4.45. The van der Waals surface area contributed by atoms with E-state index in [1.165, 1.54) is 11.8 Å². The zero-order valence-corrected chi connectivity index (χ0v) is 9.44. The molecule has 1 aromatic carbocycles. The molecule has 0 bridgehead atoms. The van der Waals surface area contributed by atoms with Crippen LogP contribution in [0.4, 0.5) is 0 Å². The Labute approximate surface area is 88.3 Å². The highest BCUT2D eigenvalue weighted by Gasteiger charge is 2.04. The molecule has 0 aliphatic heterocycles. The van der Waals surface area contributed by atoms with Gasteiger partial charge in [-0.1, -0.05) is 0 Å². The fourth-order valence-corrected chi connectivity index (χ4v) is 2.07. The van der Waals surface area contributed by atoms with E-state index in [2.05, 4.69) is 0 Å². The predicted molar refractivity (Wildman–Crippen MR) is 59.0 cm³/mol. The molecule has 1 rings (SSSR count). The van der Waals surface area contributed by atoms with E-state index in [9.17, 15) is 9.90 Å². The van der Waals surface area contributed by atoms with Gasteiger partial charge in [0.15, 0.2) is 0 Å². The summed E-state index contributed by atoms with van der Waals surface area (Å²) in [5.41, 5.74) is 1.71. The van der Waals surface area contributed by atoms with Gasteiger partial charge >= 0.3 is 0 Å². The topological polar surface area (TPSA) is 37.3 Å². The fraction of sp³-hybridized carbons (Fsp3) is 0.364. The first-order chi connectivity index (χ1) is 6.50. The lowest BCUT2D eigenvalue weighted by molar-refractivity contribution is -0.114. The summed E-state index contributed by atoms with van der Waals surface area (Å²) in [4.78, 5) is 11.8. The molecule has 1 aromatic rings. The van der Waals surface area contributed by atoms with Crippen molar-refractivity contribution in [3.63, 3.8) is 0 Å². The Morgan fingerprint density at radius 2 is 1.86 bits per heavy atom. The number of phenols is 1. The zero-order chi connectivity index (χ0) is 10.7. The molecule has 0 heterocycles. The molecule has 3 heteroatoms. The summed E-state index contributed by atoms with van der Waals surface area (Å²) in [6.07, 6.45) is 0. The van der Waals surface area contributed by atoms with Crippen LogP contribution in [0.3, 0.4) is 0 Å². The van der Waals surface area contributed by atoms with Crippen LogP contribution < -0.4 is 0 Å². The number of hydrogen-bond acceptors (Lipinski definition) is 3. The van der Waals surface area contributed by atoms with Crippen molar-refractivity contribution in [1.29, 1.82) is 0 Å². The van der Waals surface area contributed by atoms with Crippen molar-refractivity contribution in [1.82, 2.24) is 0 Å². The molecule has 0 saturated heterocycles. The number of aromatic hydroxyl groups is 1. The Morgan fingerprint density at radius 1 is 1.36 bits per heavy atom. The standard InChI is InChI=1S/C11H14O2S/c1-7-4-10(14-6-9(3)12)5-8(2)11(7)13/h4-5,13H,6H2,1-3H3. The van der Waals surface area contributed by atoms with Gasteiger partial charge in [-0.25, -0.2) is 0 Å². The zero-order valence-electron chi connectivity index (χ0n) is 8.63. The second kappa shape index (κ2) is 4.51. The molecule has 0 unspecified atom stereocenters. The molecule has 0 aromatic heterocycles. The number of carbonyl (C=O) groups is 1. The van der Waals surface area contributed by atoms with E-state index in [1.807, 2.05) is 26.0 Å². The summed E-state index contributed by atoms with van der Waals surface area (Å²) in [5.74, 6) is 1.000. The molecule has 2 nitrogen and oxygen atoms in total. The molecule has 1 N–H and O–H groups in total. The van der Waals surface area contributed by atoms with Crippen LogP contribution in [0.2, 0.25) is 0 Å². The van der Waals surface area contributed by atoms with Crippen LogP contribution in [0.5, 0.6) is 5.75 Å². The Balaban J connectivity index is 2.84. The average Bonchev–Trinajstić information content (AvgIpc) is 2.10. The summed E-state index contributed by atoms with van der Waals surface area (Å²) < 4.78 is 0. The Kier molecular flexibility index (Phi) is 3.58. The smallest absolute Gasteiger partial charge is 0.140 e. The second-order valence-electron chi connectivity index (χ2n) is 3.40. The van der Waals surface area contributed by atoms with Crippen LogP contribution in [0.15, 0.2) is 17.0 Å². The van der Waals surface area contributed by atoms with E-state index in [1.54, 1.807) is 6.92 Å². The van der Waals surface area contributed by atoms with Gasteiger partial charge < -0.3 is 5.11 Å². The number of benzene rings is 1. The number of phenolic OH excluding ortho intramolecular Hbond substituents is 1. The van der Waals surface area contributed by atoms with Gasteiger partial charge in [0.25, 0.3) is 0 Å². The van der Waals surface area contributed by atoms with E-state index < -0.39 is 0 Å². The summed E-state index contributed by atoms with van der Waals surface area (Å²) in [5, 5.41) is 9.53. The SMILES string of the molecule is CC(=O)CSc1cc(C)c(O)c(C)c1. The van der Waals surface area contributed by atoms with Gasteiger partial charge in [-0.3, -0.25) is 4.79 Å². The van der Waals surface area contributed by atoms with Gasteiger partial charge in [-0.2, -0.15) is 0 Å². The molecule has 0 spiro atoms. The molecular formula is C11H14O2S. The van der Waals surface area contributed by atoms with Crippen LogP contribution in [-0.4, -0.2) is 16.6 Å². The highest BCUT2D eigenvalue weighted by atomic mass is 32.2. The fourth-order valence-electron chi connectivity index (χ4n) is 1.18. The lowest BCUT2D eigenvalue weighted by Gasteiger charge is -2.06. The summed E-state index contributed by atoms with van der Waals surface area (Å²) >= 11 is 1.50. The molecule has 76 valence electrons. The third kappa shape index (κ3) is 2.77. The Hall–Kier alpha value is -0.960. The van der Waals surface area contributed by atoms with Crippen LogP contribution >= 0.6 is 11.8 Å². The molecule has 0 radical (unpaired) electrons. The van der Waals surface area contributed by atoms with E-state index in [0.29, 0.717) is 11.5 Å². The van der Waals surface area contributed by atoms with E-state index >= 15 is 0 Å². The number of thioether (sulfide) groups is 1. The van der Waals surface area contributed by atoms with Crippen LogP contribution in [0, 0.1) is 13.8 Å². The van der Waals surface area contributed by atoms with Gasteiger partial charge in [0.2, 0.25) is 0 Å². The van der Waals surface area contributed by atoms with Crippen LogP contribution in [-0.2, 0) is 4.79 Å². The number of aryl methyl sites for hydroxylation is 2. The first-order valence-electron chi connectivity index (χ1n) is 4.43. The van der Waals surface area contributed by atoms with Crippen molar-refractivity contribution in [3.05, 3.63) is 23.3 Å². The minimum Gasteiger partial charge on any atom is -0.507 e. The molecule has 0 aliphatic rings. The van der Waals surface area contributed by atoms with E-state index in [-0.39, 0.29) is 5.78 Å². The van der Waals surface area contributed by atoms with E-state index in [0.717, 1.165) is 16.0 Å².